The van der Waals surface area contributed by atoms with Crippen molar-refractivity contribution in [3.63, 3.8) is 0 Å². The Kier molecular flexibility index (Phi) is 4.63. The van der Waals surface area contributed by atoms with Crippen molar-refractivity contribution in [1.29, 1.82) is 0 Å². The summed E-state index contributed by atoms with van der Waals surface area (Å²) >= 11 is 0. The molecule has 1 unspecified atom stereocenters. The molecule has 2 aromatic carbocycles. The molecule has 31 heavy (non-hydrogen) atoms. The molecule has 4 aromatic rings. The van der Waals surface area contributed by atoms with E-state index in [-0.39, 0.29) is 5.91 Å². The summed E-state index contributed by atoms with van der Waals surface area (Å²) < 4.78 is 7.66. The highest BCUT2D eigenvalue weighted by Crippen LogP contribution is 2.37. The molecule has 1 aliphatic heterocycles. The van der Waals surface area contributed by atoms with Crippen molar-refractivity contribution in [3.8, 4) is 11.4 Å². The van der Waals surface area contributed by atoms with Crippen LogP contribution in [0.15, 0.2) is 88.5 Å². The standard InChI is InChI=1S/C24H21N5O2/c1-15-13-14-19(31-15)21-20(23(30)26-18-11-7-4-8-12-18)16(2)25-24-27-22(28-29(21)24)17-9-5-3-6-10-17/h3-14,21H,1-2H3,(H,26,30)(H,25,27,28). The Morgan fingerprint density at radius 2 is 1.71 bits per heavy atom. The maximum atomic E-state index is 13.3. The average molecular weight is 411 g/mol. The van der Waals surface area contributed by atoms with Gasteiger partial charge in [0, 0.05) is 16.9 Å². The maximum absolute atomic E-state index is 13.3. The molecule has 0 fully saturated rings. The number of furan rings is 1. The van der Waals surface area contributed by atoms with Crippen LogP contribution in [0, 0.1) is 6.92 Å². The summed E-state index contributed by atoms with van der Waals surface area (Å²) in [4.78, 5) is 18.0. The first-order valence-electron chi connectivity index (χ1n) is 10.0. The molecule has 5 rings (SSSR count). The lowest BCUT2D eigenvalue weighted by Crippen LogP contribution is -2.31. The van der Waals surface area contributed by atoms with Crippen molar-refractivity contribution in [2.24, 2.45) is 0 Å². The zero-order chi connectivity index (χ0) is 21.4. The van der Waals surface area contributed by atoms with Gasteiger partial charge in [0.2, 0.25) is 5.95 Å². The second kappa shape index (κ2) is 7.60. The summed E-state index contributed by atoms with van der Waals surface area (Å²) in [5.74, 6) is 2.31. The highest BCUT2D eigenvalue weighted by molar-refractivity contribution is 6.05. The van der Waals surface area contributed by atoms with Crippen molar-refractivity contribution >= 4 is 17.5 Å². The molecule has 0 saturated carbocycles. The molecule has 1 atom stereocenters. The molecule has 1 aliphatic rings. The molecule has 1 amide bonds. The first-order valence-corrected chi connectivity index (χ1v) is 10.0. The van der Waals surface area contributed by atoms with E-state index in [0.717, 1.165) is 17.0 Å². The number of fused-ring (bicyclic) bond motifs is 1. The number of amides is 1. The zero-order valence-electron chi connectivity index (χ0n) is 17.2. The SMILES string of the molecule is CC1=C(C(=O)Nc2ccccc2)C(c2ccc(C)o2)n2nc(-c3ccccc3)nc2N1. The number of anilines is 2. The normalized spacial score (nSPS) is 15.4. The minimum atomic E-state index is -0.543. The third kappa shape index (κ3) is 3.50. The van der Waals surface area contributed by atoms with Crippen LogP contribution in [0.25, 0.3) is 11.4 Å². The number of rotatable bonds is 4. The Labute approximate surface area is 179 Å². The number of carbonyl (C=O) groups is 1. The molecular formula is C24H21N5O2. The van der Waals surface area contributed by atoms with Crippen molar-refractivity contribution in [2.75, 3.05) is 10.6 Å². The average Bonchev–Trinajstić information content (AvgIpc) is 3.40. The van der Waals surface area contributed by atoms with E-state index in [1.807, 2.05) is 86.6 Å². The monoisotopic (exact) mass is 411 g/mol. The van der Waals surface area contributed by atoms with Crippen LogP contribution in [0.1, 0.15) is 24.5 Å². The quantitative estimate of drug-likeness (QED) is 0.505. The van der Waals surface area contributed by atoms with Crippen LogP contribution in [0.5, 0.6) is 0 Å². The van der Waals surface area contributed by atoms with Crippen molar-refractivity contribution in [3.05, 3.63) is 95.6 Å². The molecule has 0 spiro atoms. The number of allylic oxidation sites excluding steroid dienone is 1. The van der Waals surface area contributed by atoms with Gasteiger partial charge in [-0.1, -0.05) is 48.5 Å². The second-order valence-corrected chi connectivity index (χ2v) is 7.40. The minimum absolute atomic E-state index is 0.224. The Morgan fingerprint density at radius 3 is 2.39 bits per heavy atom. The predicted molar refractivity (Wildman–Crippen MR) is 118 cm³/mol. The third-order valence-corrected chi connectivity index (χ3v) is 5.19. The van der Waals surface area contributed by atoms with E-state index in [0.29, 0.717) is 28.8 Å². The number of hydrogen-bond donors (Lipinski definition) is 2. The Hall–Kier alpha value is -4.13. The van der Waals surface area contributed by atoms with Crippen LogP contribution in [0.4, 0.5) is 11.6 Å². The van der Waals surface area contributed by atoms with Crippen LogP contribution < -0.4 is 10.6 Å². The van der Waals surface area contributed by atoms with Gasteiger partial charge in [0.25, 0.3) is 5.91 Å². The fourth-order valence-electron chi connectivity index (χ4n) is 3.74. The van der Waals surface area contributed by atoms with E-state index in [4.69, 9.17) is 9.52 Å². The Morgan fingerprint density at radius 1 is 1.00 bits per heavy atom. The maximum Gasteiger partial charge on any atom is 0.256 e. The number of nitrogens with zero attached hydrogens (tertiary/aromatic N) is 3. The summed E-state index contributed by atoms with van der Waals surface area (Å²) in [6.45, 7) is 3.74. The van der Waals surface area contributed by atoms with Gasteiger partial charge in [0.1, 0.15) is 17.6 Å². The van der Waals surface area contributed by atoms with Gasteiger partial charge < -0.3 is 15.1 Å². The molecule has 3 heterocycles. The number of aromatic nitrogens is 3. The summed E-state index contributed by atoms with van der Waals surface area (Å²) in [7, 11) is 0. The third-order valence-electron chi connectivity index (χ3n) is 5.19. The Balaban J connectivity index is 1.59. The number of carbonyl (C=O) groups excluding carboxylic acids is 1. The van der Waals surface area contributed by atoms with E-state index in [9.17, 15) is 4.79 Å². The first kappa shape index (κ1) is 18.9. The first-order chi connectivity index (χ1) is 15.1. The van der Waals surface area contributed by atoms with Crippen molar-refractivity contribution < 1.29 is 9.21 Å². The van der Waals surface area contributed by atoms with Gasteiger partial charge in [-0.05, 0) is 38.1 Å². The second-order valence-electron chi connectivity index (χ2n) is 7.40. The van der Waals surface area contributed by atoms with E-state index in [2.05, 4.69) is 15.6 Å². The Bertz CT molecular complexity index is 1270. The zero-order valence-corrected chi connectivity index (χ0v) is 17.2. The number of hydrogen-bond acceptors (Lipinski definition) is 5. The largest absolute Gasteiger partial charge is 0.464 e. The van der Waals surface area contributed by atoms with Gasteiger partial charge in [0.15, 0.2) is 5.82 Å². The van der Waals surface area contributed by atoms with Gasteiger partial charge in [-0.3, -0.25) is 4.79 Å². The summed E-state index contributed by atoms with van der Waals surface area (Å²) in [6.07, 6.45) is 0. The van der Waals surface area contributed by atoms with Crippen LogP contribution in [-0.2, 0) is 4.79 Å². The van der Waals surface area contributed by atoms with Gasteiger partial charge >= 0.3 is 0 Å². The topological polar surface area (TPSA) is 85.0 Å². The van der Waals surface area contributed by atoms with E-state index in [1.165, 1.54) is 0 Å². The summed E-state index contributed by atoms with van der Waals surface area (Å²) in [5.41, 5.74) is 2.84. The smallest absolute Gasteiger partial charge is 0.256 e. The lowest BCUT2D eigenvalue weighted by atomic mass is 10.00. The van der Waals surface area contributed by atoms with E-state index in [1.54, 1.807) is 4.68 Å². The van der Waals surface area contributed by atoms with Gasteiger partial charge in [-0.2, -0.15) is 4.98 Å². The summed E-state index contributed by atoms with van der Waals surface area (Å²) in [6, 6.07) is 22.3. The van der Waals surface area contributed by atoms with E-state index >= 15 is 0 Å². The number of benzene rings is 2. The van der Waals surface area contributed by atoms with Crippen LogP contribution >= 0.6 is 0 Å². The van der Waals surface area contributed by atoms with Gasteiger partial charge in [0.05, 0.1) is 5.57 Å². The molecular weight excluding hydrogens is 390 g/mol. The fourth-order valence-corrected chi connectivity index (χ4v) is 3.74. The molecule has 2 N–H and O–H groups in total. The van der Waals surface area contributed by atoms with Crippen molar-refractivity contribution in [2.45, 2.75) is 19.9 Å². The highest BCUT2D eigenvalue weighted by atomic mass is 16.3. The van der Waals surface area contributed by atoms with Gasteiger partial charge in [-0.15, -0.1) is 5.10 Å². The lowest BCUT2D eigenvalue weighted by Gasteiger charge is -2.27. The molecule has 0 aliphatic carbocycles. The molecule has 0 saturated heterocycles. The van der Waals surface area contributed by atoms with Crippen molar-refractivity contribution in [1.82, 2.24) is 14.8 Å². The highest BCUT2D eigenvalue weighted by Gasteiger charge is 2.36. The predicted octanol–water partition coefficient (Wildman–Crippen LogP) is 4.77. The minimum Gasteiger partial charge on any atom is -0.464 e. The van der Waals surface area contributed by atoms with Gasteiger partial charge in [-0.25, -0.2) is 4.68 Å². The molecule has 154 valence electrons. The number of nitrogens with one attached hydrogen (secondary N) is 2. The van der Waals surface area contributed by atoms with Crippen LogP contribution in [-0.4, -0.2) is 20.7 Å². The number of para-hydroxylation sites is 1. The van der Waals surface area contributed by atoms with Crippen LogP contribution in [0.3, 0.4) is 0 Å². The molecule has 2 aromatic heterocycles. The molecule has 7 nitrogen and oxygen atoms in total. The molecule has 0 bridgehead atoms. The van der Waals surface area contributed by atoms with Crippen LogP contribution in [0.2, 0.25) is 0 Å². The fraction of sp³-hybridized carbons (Fsp3) is 0.125. The molecule has 0 radical (unpaired) electrons. The number of aryl methyl sites for hydroxylation is 1. The lowest BCUT2D eigenvalue weighted by molar-refractivity contribution is -0.113. The van der Waals surface area contributed by atoms with E-state index < -0.39 is 6.04 Å². The summed E-state index contributed by atoms with van der Waals surface area (Å²) in [5, 5.41) is 10.9. The molecule has 7 heteroatoms.